The highest BCUT2D eigenvalue weighted by Gasteiger charge is 2.63. The van der Waals surface area contributed by atoms with E-state index in [4.69, 9.17) is 66.3 Å². The van der Waals surface area contributed by atoms with Crippen molar-refractivity contribution in [3.63, 3.8) is 0 Å². The maximum atomic E-state index is 15.1. The summed E-state index contributed by atoms with van der Waals surface area (Å²) in [5.41, 5.74) is 1.79. The zero-order valence-corrected chi connectivity index (χ0v) is 59.5. The molecule has 1 amide bonds. The largest absolute Gasteiger partial charge is 0.459 e. The van der Waals surface area contributed by atoms with Crippen LogP contribution in [-0.2, 0) is 104 Å². The molecule has 0 bridgehead atoms. The van der Waals surface area contributed by atoms with Crippen LogP contribution in [0.4, 0.5) is 0 Å². The van der Waals surface area contributed by atoms with Crippen molar-refractivity contribution in [3.05, 3.63) is 287 Å². The van der Waals surface area contributed by atoms with Gasteiger partial charge in [-0.25, -0.2) is 14.4 Å². The summed E-state index contributed by atoms with van der Waals surface area (Å²) in [6.45, 7) is 8.86. The fourth-order valence-electron chi connectivity index (χ4n) is 12.5. The number of aliphatic hydroxyl groups is 1. The van der Waals surface area contributed by atoms with Gasteiger partial charge in [-0.1, -0.05) is 226 Å². The number of carbonyl (C=O) groups is 4. The first kappa shape index (κ1) is 75.5. The molecule has 3 saturated heterocycles. The fraction of sp³-hybridized carbons (Fsp3) is 0.366. The van der Waals surface area contributed by atoms with Gasteiger partial charge in [0.25, 0.3) is 0 Å². The van der Waals surface area contributed by atoms with Crippen molar-refractivity contribution in [2.24, 2.45) is 0 Å². The summed E-state index contributed by atoms with van der Waals surface area (Å²) in [4.78, 5) is 58.4. The molecule has 103 heavy (non-hydrogen) atoms. The van der Waals surface area contributed by atoms with Gasteiger partial charge in [0.1, 0.15) is 55.4 Å². The van der Waals surface area contributed by atoms with Crippen LogP contribution in [0.5, 0.6) is 0 Å². The molecule has 2 N–H and O–H groups in total. The third-order valence-corrected chi connectivity index (χ3v) is 19.6. The van der Waals surface area contributed by atoms with Crippen LogP contribution >= 0.6 is 0 Å². The Balaban J connectivity index is 1.07. The van der Waals surface area contributed by atoms with E-state index in [1.54, 1.807) is 66.7 Å². The topological polar surface area (TPSA) is 230 Å². The summed E-state index contributed by atoms with van der Waals surface area (Å²) in [6.07, 6.45) is -18.2. The van der Waals surface area contributed by atoms with Gasteiger partial charge in [-0.15, -0.1) is 0 Å². The number of hydrogen-bond donors (Lipinski definition) is 2. The zero-order valence-electron chi connectivity index (χ0n) is 58.5. The third kappa shape index (κ3) is 21.3. The fourth-order valence-corrected chi connectivity index (χ4v) is 13.2. The zero-order chi connectivity index (χ0) is 72.0. The summed E-state index contributed by atoms with van der Waals surface area (Å²) >= 11 is 0. The Morgan fingerprint density at radius 3 is 1.32 bits per heavy atom. The lowest BCUT2D eigenvalue weighted by atomic mass is 9.84. The summed E-state index contributed by atoms with van der Waals surface area (Å²) in [7, 11) is -1.82. The lowest BCUT2D eigenvalue weighted by Crippen LogP contribution is -2.73. The number of rotatable bonds is 33. The Hall–Kier alpha value is -8.62. The smallest absolute Gasteiger partial charge is 0.338 e. The van der Waals surface area contributed by atoms with Crippen LogP contribution in [0, 0.1) is 0 Å². The highest BCUT2D eigenvalue weighted by atomic mass is 28.3. The maximum Gasteiger partial charge on any atom is 0.338 e. The van der Waals surface area contributed by atoms with Gasteiger partial charge in [0.15, 0.2) is 36.7 Å². The Kier molecular flexibility index (Phi) is 27.3. The van der Waals surface area contributed by atoms with Gasteiger partial charge in [0, 0.05) is 21.6 Å². The number of carbonyl (C=O) groups excluding carboxylic acids is 4. The van der Waals surface area contributed by atoms with E-state index in [0.717, 1.165) is 27.8 Å². The molecule has 0 aliphatic carbocycles. The molecular weight excluding hydrogens is 1330 g/mol. The van der Waals surface area contributed by atoms with E-state index in [9.17, 15) is 19.5 Å². The van der Waals surface area contributed by atoms with Gasteiger partial charge in [0.2, 0.25) is 5.91 Å². The van der Waals surface area contributed by atoms with Crippen LogP contribution in [-0.4, -0.2) is 155 Å². The van der Waals surface area contributed by atoms with Crippen LogP contribution in [0.1, 0.15) is 72.7 Å². The van der Waals surface area contributed by atoms with E-state index < -0.39 is 137 Å². The molecule has 3 aliphatic heterocycles. The highest BCUT2D eigenvalue weighted by Crippen LogP contribution is 2.41. The number of hydrogen-bond acceptors (Lipinski definition) is 19. The molecule has 3 aliphatic rings. The van der Waals surface area contributed by atoms with Crippen molar-refractivity contribution in [3.8, 4) is 0 Å². The van der Waals surface area contributed by atoms with Crippen molar-refractivity contribution >= 4 is 31.9 Å². The number of nitrogens with one attached hydrogen (secondary N) is 1. The molecule has 0 spiro atoms. The SMILES string of the molecule is CC(=O)N[C@H]1[C@H](OCC[Si](C)(C)C)O[C@H](COCc2ccccc2)[C@@H](O[C@@H]2O[C@H](COCc3ccccc3)[C@@](O)(COC(=O)c3ccccc3)[C@H](OC(=O)c3ccccc3)[C@H]2OC(=O)c2ccccc2)[C@@H]1O[C@@H]1O[C@@H](C)[C@@H](OCc2ccccc2)[C@@H](OCc2ccccc2)[C@@H]1OCc1ccccc1. The monoisotopic (exact) mass is 1420 g/mol. The minimum absolute atomic E-state index is 0.0147. The molecule has 0 aromatic heterocycles. The molecule has 3 fully saturated rings. The van der Waals surface area contributed by atoms with Crippen molar-refractivity contribution in [2.75, 3.05) is 26.4 Å². The molecule has 20 nitrogen and oxygen atoms in total. The highest BCUT2D eigenvalue weighted by molar-refractivity contribution is 6.76. The van der Waals surface area contributed by atoms with Crippen molar-refractivity contribution in [1.29, 1.82) is 0 Å². The molecule has 15 atom stereocenters. The Morgan fingerprint density at radius 1 is 0.437 bits per heavy atom. The van der Waals surface area contributed by atoms with Gasteiger partial charge in [-0.3, -0.25) is 4.79 Å². The van der Waals surface area contributed by atoms with Crippen molar-refractivity contribution in [2.45, 2.75) is 164 Å². The second kappa shape index (κ2) is 37.2. The lowest BCUT2D eigenvalue weighted by molar-refractivity contribution is -0.386. The standard InChI is InChI=1S/C82H91NO19Si/c1-56-69(92-50-60-34-18-8-19-35-60)72(93-51-61-36-20-9-21-37-61)73(94-52-62-38-22-10-23-39-62)80(96-56)101-71-68(83-57(2)84)79(91-46-47-103(3,4)5)97-66(53-89-48-58-30-14-6-15-31-58)70(71)100-81-74(99-77(86)64-42-26-12-27-43-64)75(102-78(87)65-44-28-13-29-45-65)82(88,55-95-76(85)63-40-24-11-25-41-63)67(98-81)54-90-49-59-32-16-7-17-33-59/h6-45,56,66-75,79-81,88H,46-55H2,1-5H3,(H,83,84)/t56-,66+,67+,68+,69+,70+,71+,72+,73-,74+,75+,79+,80-,81-,82-/m0/s1. The molecule has 8 aromatic rings. The van der Waals surface area contributed by atoms with E-state index in [2.05, 4.69) is 25.0 Å². The lowest BCUT2D eigenvalue weighted by Gasteiger charge is -2.53. The van der Waals surface area contributed by atoms with Crippen molar-refractivity contribution < 1.29 is 90.6 Å². The molecule has 21 heteroatoms. The maximum absolute atomic E-state index is 15.1. The number of ether oxygens (including phenoxy) is 14. The first-order chi connectivity index (χ1) is 50.0. The Labute approximate surface area is 602 Å². The Morgan fingerprint density at radius 2 is 0.845 bits per heavy atom. The summed E-state index contributed by atoms with van der Waals surface area (Å²) in [5, 5.41) is 17.0. The molecular formula is C82H91NO19Si. The first-order valence-electron chi connectivity index (χ1n) is 34.9. The predicted molar refractivity (Wildman–Crippen MR) is 383 cm³/mol. The van der Waals surface area contributed by atoms with Crippen LogP contribution < -0.4 is 5.32 Å². The van der Waals surface area contributed by atoms with E-state index >= 15 is 4.79 Å². The average molecular weight is 1420 g/mol. The molecule has 0 radical (unpaired) electrons. The van der Waals surface area contributed by atoms with Gasteiger partial charge in [-0.05, 0) is 77.2 Å². The van der Waals surface area contributed by atoms with E-state index in [1.165, 1.54) is 31.2 Å². The molecule has 0 unspecified atom stereocenters. The van der Waals surface area contributed by atoms with Crippen LogP contribution in [0.15, 0.2) is 243 Å². The second-order valence-corrected chi connectivity index (χ2v) is 32.6. The van der Waals surface area contributed by atoms with Crippen LogP contribution in [0.3, 0.4) is 0 Å². The van der Waals surface area contributed by atoms with Gasteiger partial charge < -0.3 is 76.7 Å². The number of amides is 1. The van der Waals surface area contributed by atoms with Gasteiger partial charge >= 0.3 is 17.9 Å². The third-order valence-electron chi connectivity index (χ3n) is 17.9. The molecule has 8 aromatic carbocycles. The van der Waals surface area contributed by atoms with Crippen molar-refractivity contribution in [1.82, 2.24) is 5.32 Å². The molecule has 11 rings (SSSR count). The summed E-state index contributed by atoms with van der Waals surface area (Å²) in [5.74, 6) is -3.28. The number of esters is 3. The molecule has 0 saturated carbocycles. The Bertz CT molecular complexity index is 3870. The molecule has 542 valence electrons. The van der Waals surface area contributed by atoms with E-state index in [1.807, 2.05) is 159 Å². The normalized spacial score (nSPS) is 25.6. The average Bonchev–Trinajstić information content (AvgIpc) is 0.746. The minimum Gasteiger partial charge on any atom is -0.459 e. The van der Waals surface area contributed by atoms with E-state index in [-0.39, 0.29) is 62.9 Å². The van der Waals surface area contributed by atoms with Crippen LogP contribution in [0.2, 0.25) is 25.7 Å². The van der Waals surface area contributed by atoms with Crippen LogP contribution in [0.25, 0.3) is 0 Å². The quantitative estimate of drug-likeness (QED) is 0.0221. The second-order valence-electron chi connectivity index (χ2n) is 27.0. The van der Waals surface area contributed by atoms with Gasteiger partial charge in [0.05, 0.1) is 69.0 Å². The summed E-state index contributed by atoms with van der Waals surface area (Å²) in [6, 6.07) is 71.4. The van der Waals surface area contributed by atoms with Gasteiger partial charge in [-0.2, -0.15) is 0 Å². The predicted octanol–water partition coefficient (Wildman–Crippen LogP) is 12.0. The first-order valence-corrected chi connectivity index (χ1v) is 38.6. The number of benzene rings is 8. The summed E-state index contributed by atoms with van der Waals surface area (Å²) < 4.78 is 96.9. The minimum atomic E-state index is -2.64. The molecule has 3 heterocycles. The van der Waals surface area contributed by atoms with E-state index in [0.29, 0.717) is 6.04 Å².